The standard InChI is InChI=1S/C44H26N2OS/c1-2-10-29(11-3-1)46-39-21-18-27(25-36(39)43-33-14-6-9-17-40(33)47-44(43)46)28-19-22-41-34(24-28)35-26-30(20-23-42(35)48-41)45-37-15-7-4-12-31(37)32-13-5-8-16-38(32)45/h1-26H. The molecule has 7 aromatic carbocycles. The molecule has 0 unspecified atom stereocenters. The Hall–Kier alpha value is -6.10. The second-order valence-electron chi connectivity index (χ2n) is 12.5. The van der Waals surface area contributed by atoms with Gasteiger partial charge in [-0.15, -0.1) is 11.3 Å². The van der Waals surface area contributed by atoms with Gasteiger partial charge in [0.25, 0.3) is 0 Å². The molecule has 224 valence electrons. The van der Waals surface area contributed by atoms with Crippen LogP contribution in [0.25, 0.3) is 97.5 Å². The minimum Gasteiger partial charge on any atom is -0.439 e. The van der Waals surface area contributed by atoms with Crippen molar-refractivity contribution in [1.82, 2.24) is 9.13 Å². The molecule has 0 radical (unpaired) electrons. The molecule has 4 heterocycles. The fourth-order valence-electron chi connectivity index (χ4n) is 7.79. The Balaban J connectivity index is 1.12. The van der Waals surface area contributed by atoms with Crippen molar-refractivity contribution in [1.29, 1.82) is 0 Å². The Bertz CT molecular complexity index is 3010. The number of benzene rings is 7. The molecule has 0 aliphatic rings. The molecule has 0 aliphatic carbocycles. The molecule has 0 saturated carbocycles. The maximum absolute atomic E-state index is 6.52. The fraction of sp³-hybridized carbons (Fsp3) is 0. The summed E-state index contributed by atoms with van der Waals surface area (Å²) in [6.07, 6.45) is 0. The molecule has 4 heteroatoms. The van der Waals surface area contributed by atoms with E-state index in [1.165, 1.54) is 64.2 Å². The average molecular weight is 631 g/mol. The Morgan fingerprint density at radius 2 is 0.979 bits per heavy atom. The SMILES string of the molecule is c1ccc(-n2c3ccc(-c4ccc5sc6ccc(-n7c8ccccc8c8ccccc87)cc6c5c4)cc3c3c4ccccc4oc32)cc1. The quantitative estimate of drug-likeness (QED) is 0.190. The molecule has 48 heavy (non-hydrogen) atoms. The highest BCUT2D eigenvalue weighted by atomic mass is 32.1. The Labute approximate surface area is 279 Å². The van der Waals surface area contributed by atoms with Crippen LogP contribution in [0.3, 0.4) is 0 Å². The van der Waals surface area contributed by atoms with Crippen molar-refractivity contribution in [2.75, 3.05) is 0 Å². The van der Waals surface area contributed by atoms with E-state index in [1.807, 2.05) is 17.4 Å². The van der Waals surface area contributed by atoms with Crippen LogP contribution in [0.1, 0.15) is 0 Å². The first-order chi connectivity index (χ1) is 23.8. The van der Waals surface area contributed by atoms with Gasteiger partial charge in [0.15, 0.2) is 0 Å². The zero-order valence-corrected chi connectivity index (χ0v) is 26.5. The van der Waals surface area contributed by atoms with Crippen LogP contribution in [0.2, 0.25) is 0 Å². The molecule has 11 rings (SSSR count). The van der Waals surface area contributed by atoms with Crippen LogP contribution in [0.15, 0.2) is 162 Å². The van der Waals surface area contributed by atoms with Gasteiger partial charge in [0.2, 0.25) is 5.71 Å². The van der Waals surface area contributed by atoms with Crippen molar-refractivity contribution in [3.63, 3.8) is 0 Å². The molecule has 0 saturated heterocycles. The van der Waals surface area contributed by atoms with E-state index in [2.05, 4.69) is 161 Å². The van der Waals surface area contributed by atoms with Gasteiger partial charge in [-0.3, -0.25) is 4.57 Å². The van der Waals surface area contributed by atoms with Gasteiger partial charge in [0.05, 0.1) is 21.9 Å². The molecule has 4 aromatic heterocycles. The first-order valence-corrected chi connectivity index (χ1v) is 17.1. The monoisotopic (exact) mass is 630 g/mol. The summed E-state index contributed by atoms with van der Waals surface area (Å²) < 4.78 is 13.8. The predicted octanol–water partition coefficient (Wildman–Crippen LogP) is 12.7. The Morgan fingerprint density at radius 3 is 1.75 bits per heavy atom. The highest BCUT2D eigenvalue weighted by Gasteiger charge is 2.20. The summed E-state index contributed by atoms with van der Waals surface area (Å²) in [5.74, 6) is 0. The van der Waals surface area contributed by atoms with E-state index in [1.54, 1.807) is 0 Å². The van der Waals surface area contributed by atoms with Crippen LogP contribution in [-0.2, 0) is 0 Å². The summed E-state index contributed by atoms with van der Waals surface area (Å²) in [7, 11) is 0. The van der Waals surface area contributed by atoms with Crippen LogP contribution >= 0.6 is 11.3 Å². The lowest BCUT2D eigenvalue weighted by Gasteiger charge is -2.09. The van der Waals surface area contributed by atoms with Crippen molar-refractivity contribution >= 4 is 86.3 Å². The lowest BCUT2D eigenvalue weighted by atomic mass is 10.0. The van der Waals surface area contributed by atoms with Crippen molar-refractivity contribution in [3.05, 3.63) is 158 Å². The summed E-state index contributed by atoms with van der Waals surface area (Å²) in [5.41, 5.74) is 10.1. The molecule has 0 amide bonds. The normalized spacial score (nSPS) is 12.2. The number of aromatic nitrogens is 2. The van der Waals surface area contributed by atoms with Crippen molar-refractivity contribution < 1.29 is 4.42 Å². The summed E-state index contributed by atoms with van der Waals surface area (Å²) in [4.78, 5) is 0. The number of nitrogens with zero attached hydrogens (tertiary/aromatic N) is 2. The third-order valence-electron chi connectivity index (χ3n) is 9.93. The largest absolute Gasteiger partial charge is 0.439 e. The van der Waals surface area contributed by atoms with Crippen LogP contribution < -0.4 is 0 Å². The molecule has 0 aliphatic heterocycles. The van der Waals surface area contributed by atoms with Gasteiger partial charge in [0, 0.05) is 53.1 Å². The number of hydrogen-bond acceptors (Lipinski definition) is 2. The molecule has 0 atom stereocenters. The van der Waals surface area contributed by atoms with Crippen LogP contribution in [0.4, 0.5) is 0 Å². The van der Waals surface area contributed by atoms with Gasteiger partial charge in [-0.25, -0.2) is 0 Å². The van der Waals surface area contributed by atoms with Crippen molar-refractivity contribution in [2.45, 2.75) is 0 Å². The van der Waals surface area contributed by atoms with Crippen LogP contribution in [-0.4, -0.2) is 9.13 Å². The van der Waals surface area contributed by atoms with Crippen molar-refractivity contribution in [3.8, 4) is 22.5 Å². The lowest BCUT2D eigenvalue weighted by Crippen LogP contribution is -1.93. The van der Waals surface area contributed by atoms with E-state index >= 15 is 0 Å². The summed E-state index contributed by atoms with van der Waals surface area (Å²) in [5, 5.41) is 8.63. The Morgan fingerprint density at radius 1 is 0.396 bits per heavy atom. The summed E-state index contributed by atoms with van der Waals surface area (Å²) in [6, 6.07) is 57.0. The first-order valence-electron chi connectivity index (χ1n) is 16.3. The number of para-hydroxylation sites is 4. The highest BCUT2D eigenvalue weighted by molar-refractivity contribution is 7.25. The van der Waals surface area contributed by atoms with Crippen LogP contribution in [0, 0.1) is 0 Å². The van der Waals surface area contributed by atoms with Gasteiger partial charge in [-0.2, -0.15) is 0 Å². The fourth-order valence-corrected chi connectivity index (χ4v) is 8.86. The first kappa shape index (κ1) is 26.0. The van der Waals surface area contributed by atoms with E-state index in [4.69, 9.17) is 4.42 Å². The number of hydrogen-bond donors (Lipinski definition) is 0. The maximum Gasteiger partial charge on any atom is 0.213 e. The molecule has 11 aromatic rings. The lowest BCUT2D eigenvalue weighted by molar-refractivity contribution is 0.645. The highest BCUT2D eigenvalue weighted by Crippen LogP contribution is 2.42. The predicted molar refractivity (Wildman–Crippen MR) is 203 cm³/mol. The Kier molecular flexibility index (Phi) is 5.26. The van der Waals surface area contributed by atoms with Crippen molar-refractivity contribution in [2.24, 2.45) is 0 Å². The van der Waals surface area contributed by atoms with Gasteiger partial charge in [0.1, 0.15) is 5.58 Å². The summed E-state index contributed by atoms with van der Waals surface area (Å²) >= 11 is 1.86. The molecular weight excluding hydrogens is 605 g/mol. The summed E-state index contributed by atoms with van der Waals surface area (Å²) in [6.45, 7) is 0. The van der Waals surface area contributed by atoms with E-state index in [0.29, 0.717) is 0 Å². The number of furan rings is 1. The molecule has 3 nitrogen and oxygen atoms in total. The van der Waals surface area contributed by atoms with Crippen LogP contribution in [0.5, 0.6) is 0 Å². The third-order valence-corrected chi connectivity index (χ3v) is 11.1. The molecule has 0 fully saturated rings. The molecule has 0 bridgehead atoms. The van der Waals surface area contributed by atoms with E-state index in [0.717, 1.165) is 33.3 Å². The number of rotatable bonds is 3. The topological polar surface area (TPSA) is 23.0 Å². The zero-order chi connectivity index (χ0) is 31.3. The molecule has 0 spiro atoms. The second-order valence-corrected chi connectivity index (χ2v) is 13.6. The second kappa shape index (κ2) is 9.71. The smallest absolute Gasteiger partial charge is 0.213 e. The minimum absolute atomic E-state index is 0.881. The number of fused-ring (bicyclic) bond motifs is 11. The van der Waals surface area contributed by atoms with Gasteiger partial charge < -0.3 is 8.98 Å². The third kappa shape index (κ3) is 3.58. The number of thiophene rings is 1. The van der Waals surface area contributed by atoms with E-state index in [-0.39, 0.29) is 0 Å². The van der Waals surface area contributed by atoms with Gasteiger partial charge in [-0.05, 0) is 83.9 Å². The molecular formula is C44H26N2OS. The van der Waals surface area contributed by atoms with E-state index < -0.39 is 0 Å². The minimum atomic E-state index is 0.881. The van der Waals surface area contributed by atoms with Gasteiger partial charge >= 0.3 is 0 Å². The maximum atomic E-state index is 6.52. The van der Waals surface area contributed by atoms with Gasteiger partial charge in [-0.1, -0.05) is 84.9 Å². The van der Waals surface area contributed by atoms with E-state index in [9.17, 15) is 0 Å². The average Bonchev–Trinajstić information content (AvgIpc) is 3.88. The molecule has 0 N–H and O–H groups in total. The zero-order valence-electron chi connectivity index (χ0n) is 25.7.